The SMILES string of the molecule is CCCNC(=O)[C@@H](Cc1ccccc1)N(Cc1cccc(OC)c1)C(=O)CN(c1cccc2ccccc12)S(C)(=O)=O. The molecular weight excluding hydrogens is 550 g/mol. The second kappa shape index (κ2) is 14.0. The Bertz CT molecular complexity index is 1620. The Morgan fingerprint density at radius 2 is 1.55 bits per heavy atom. The lowest BCUT2D eigenvalue weighted by Crippen LogP contribution is -2.53. The second-order valence-corrected chi connectivity index (χ2v) is 12.0. The highest BCUT2D eigenvalue weighted by Crippen LogP contribution is 2.29. The summed E-state index contributed by atoms with van der Waals surface area (Å²) in [5, 5.41) is 4.51. The Hall–Kier alpha value is -4.37. The number of nitrogens with zero attached hydrogens (tertiary/aromatic N) is 2. The van der Waals surface area contributed by atoms with Crippen LogP contribution in [0.4, 0.5) is 5.69 Å². The van der Waals surface area contributed by atoms with Crippen LogP contribution in [0.2, 0.25) is 0 Å². The summed E-state index contributed by atoms with van der Waals surface area (Å²) >= 11 is 0. The van der Waals surface area contributed by atoms with E-state index in [4.69, 9.17) is 4.74 Å². The normalized spacial score (nSPS) is 12.0. The van der Waals surface area contributed by atoms with Gasteiger partial charge in [-0.1, -0.05) is 85.8 Å². The maximum absolute atomic E-state index is 14.3. The molecule has 0 saturated carbocycles. The van der Waals surface area contributed by atoms with Crippen LogP contribution in [0.15, 0.2) is 97.1 Å². The zero-order chi connectivity index (χ0) is 30.1. The zero-order valence-corrected chi connectivity index (χ0v) is 25.0. The molecule has 0 unspecified atom stereocenters. The van der Waals surface area contributed by atoms with E-state index in [0.717, 1.165) is 33.5 Å². The van der Waals surface area contributed by atoms with Crippen LogP contribution in [0, 0.1) is 0 Å². The average Bonchev–Trinajstić information content (AvgIpc) is 3.00. The highest BCUT2D eigenvalue weighted by Gasteiger charge is 2.33. The monoisotopic (exact) mass is 587 g/mol. The first kappa shape index (κ1) is 30.6. The van der Waals surface area contributed by atoms with Crippen molar-refractivity contribution in [3.8, 4) is 5.75 Å². The number of sulfonamides is 1. The molecule has 4 aromatic carbocycles. The fraction of sp³-hybridized carbons (Fsp3) is 0.273. The highest BCUT2D eigenvalue weighted by molar-refractivity contribution is 7.92. The Morgan fingerprint density at radius 3 is 2.26 bits per heavy atom. The first-order valence-corrected chi connectivity index (χ1v) is 15.8. The number of carbonyl (C=O) groups is 2. The number of rotatable bonds is 13. The minimum atomic E-state index is -3.88. The minimum absolute atomic E-state index is 0.0835. The number of hydrogen-bond donors (Lipinski definition) is 1. The Balaban J connectivity index is 1.78. The summed E-state index contributed by atoms with van der Waals surface area (Å²) in [6.45, 7) is 2.03. The van der Waals surface area contributed by atoms with Gasteiger partial charge in [-0.3, -0.25) is 13.9 Å². The molecule has 0 fully saturated rings. The van der Waals surface area contributed by atoms with Gasteiger partial charge in [0, 0.05) is 24.9 Å². The second-order valence-electron chi connectivity index (χ2n) is 10.1. The highest BCUT2D eigenvalue weighted by atomic mass is 32.2. The van der Waals surface area contributed by atoms with Gasteiger partial charge in [0.15, 0.2) is 0 Å². The summed E-state index contributed by atoms with van der Waals surface area (Å²) < 4.78 is 32.9. The fourth-order valence-corrected chi connectivity index (χ4v) is 5.77. The van der Waals surface area contributed by atoms with E-state index in [1.807, 2.05) is 85.8 Å². The summed E-state index contributed by atoms with van der Waals surface area (Å²) in [5.41, 5.74) is 2.03. The summed E-state index contributed by atoms with van der Waals surface area (Å²) in [4.78, 5) is 29.4. The van der Waals surface area contributed by atoms with Gasteiger partial charge in [-0.2, -0.15) is 0 Å². The van der Waals surface area contributed by atoms with Crippen molar-refractivity contribution in [2.75, 3.05) is 30.8 Å². The van der Waals surface area contributed by atoms with Gasteiger partial charge < -0.3 is 15.0 Å². The van der Waals surface area contributed by atoms with Gasteiger partial charge in [-0.25, -0.2) is 8.42 Å². The van der Waals surface area contributed by atoms with E-state index >= 15 is 0 Å². The van der Waals surface area contributed by atoms with Gasteiger partial charge in [-0.15, -0.1) is 0 Å². The van der Waals surface area contributed by atoms with Crippen molar-refractivity contribution < 1.29 is 22.7 Å². The van der Waals surface area contributed by atoms with Crippen molar-refractivity contribution in [2.45, 2.75) is 32.4 Å². The maximum atomic E-state index is 14.3. The van der Waals surface area contributed by atoms with Crippen LogP contribution >= 0.6 is 0 Å². The first-order valence-electron chi connectivity index (χ1n) is 13.9. The van der Waals surface area contributed by atoms with E-state index in [0.29, 0.717) is 23.4 Å². The molecule has 0 radical (unpaired) electrons. The van der Waals surface area contributed by atoms with Crippen molar-refractivity contribution in [2.24, 2.45) is 0 Å². The number of ether oxygens (including phenoxy) is 1. The van der Waals surface area contributed by atoms with Crippen LogP contribution in [0.3, 0.4) is 0 Å². The van der Waals surface area contributed by atoms with Crippen LogP contribution in [0.1, 0.15) is 24.5 Å². The molecule has 4 rings (SSSR count). The van der Waals surface area contributed by atoms with Crippen LogP contribution < -0.4 is 14.4 Å². The van der Waals surface area contributed by atoms with E-state index in [-0.39, 0.29) is 18.9 Å². The van der Waals surface area contributed by atoms with Crippen LogP contribution in [-0.4, -0.2) is 57.6 Å². The van der Waals surface area contributed by atoms with Gasteiger partial charge in [0.05, 0.1) is 19.1 Å². The van der Waals surface area contributed by atoms with Gasteiger partial charge in [0.25, 0.3) is 0 Å². The molecule has 0 saturated heterocycles. The first-order chi connectivity index (χ1) is 20.2. The summed E-state index contributed by atoms with van der Waals surface area (Å²) in [6, 6.07) is 28.7. The molecule has 0 aliphatic carbocycles. The number of fused-ring (bicyclic) bond motifs is 1. The van der Waals surface area contributed by atoms with Gasteiger partial charge in [0.1, 0.15) is 18.3 Å². The summed E-state index contributed by atoms with van der Waals surface area (Å²) in [7, 11) is -2.31. The number of hydrogen-bond acceptors (Lipinski definition) is 5. The maximum Gasteiger partial charge on any atom is 0.244 e. The molecule has 4 aromatic rings. The van der Waals surface area contributed by atoms with Crippen molar-refractivity contribution >= 4 is 38.3 Å². The number of nitrogens with one attached hydrogen (secondary N) is 1. The third-order valence-corrected chi connectivity index (χ3v) is 8.15. The number of methoxy groups -OCH3 is 1. The number of amides is 2. The van der Waals surface area contributed by atoms with Crippen molar-refractivity contribution in [1.29, 1.82) is 0 Å². The number of carbonyl (C=O) groups excluding carboxylic acids is 2. The number of anilines is 1. The molecule has 2 amide bonds. The van der Waals surface area contributed by atoms with Crippen LogP contribution in [0.5, 0.6) is 5.75 Å². The lowest BCUT2D eigenvalue weighted by molar-refractivity contribution is -0.140. The smallest absolute Gasteiger partial charge is 0.244 e. The van der Waals surface area contributed by atoms with E-state index in [1.54, 1.807) is 25.3 Å². The minimum Gasteiger partial charge on any atom is -0.497 e. The quantitative estimate of drug-likeness (QED) is 0.243. The standard InChI is InChI=1S/C33H37N3O5S/c1-4-20-34-33(38)31(22-25-12-6-5-7-13-25)35(23-26-14-10-17-28(21-26)41-2)32(37)24-36(42(3,39)40)30-19-11-16-27-15-8-9-18-29(27)30/h5-19,21,31H,4,20,22-24H2,1-3H3,(H,34,38)/t31-/m1/s1. The van der Waals surface area contributed by atoms with Crippen molar-refractivity contribution in [3.05, 3.63) is 108 Å². The van der Waals surface area contributed by atoms with Crippen molar-refractivity contribution in [1.82, 2.24) is 10.2 Å². The topological polar surface area (TPSA) is 96.0 Å². The molecule has 0 bridgehead atoms. The molecule has 0 spiro atoms. The molecule has 0 heterocycles. The predicted octanol–water partition coefficient (Wildman–Crippen LogP) is 4.78. The van der Waals surface area contributed by atoms with Gasteiger partial charge in [-0.05, 0) is 41.1 Å². The molecule has 9 heteroatoms. The molecule has 0 aromatic heterocycles. The largest absolute Gasteiger partial charge is 0.497 e. The molecule has 0 aliphatic heterocycles. The third kappa shape index (κ3) is 7.67. The average molecular weight is 588 g/mol. The molecule has 42 heavy (non-hydrogen) atoms. The molecule has 1 N–H and O–H groups in total. The van der Waals surface area contributed by atoms with Gasteiger partial charge >= 0.3 is 0 Å². The Kier molecular flexibility index (Phi) is 10.2. The Labute approximate surface area is 248 Å². The molecule has 1 atom stereocenters. The van der Waals surface area contributed by atoms with E-state index in [1.165, 1.54) is 4.90 Å². The van der Waals surface area contributed by atoms with E-state index < -0.39 is 28.5 Å². The molecule has 220 valence electrons. The van der Waals surface area contributed by atoms with E-state index in [2.05, 4.69) is 5.32 Å². The molecule has 8 nitrogen and oxygen atoms in total. The zero-order valence-electron chi connectivity index (χ0n) is 24.2. The van der Waals surface area contributed by atoms with Crippen LogP contribution in [-0.2, 0) is 32.6 Å². The summed E-state index contributed by atoms with van der Waals surface area (Å²) in [5.74, 6) is -0.180. The van der Waals surface area contributed by atoms with Crippen molar-refractivity contribution in [3.63, 3.8) is 0 Å². The fourth-order valence-electron chi connectivity index (χ4n) is 4.91. The third-order valence-electron chi connectivity index (χ3n) is 7.02. The Morgan fingerprint density at radius 1 is 0.881 bits per heavy atom. The number of benzene rings is 4. The summed E-state index contributed by atoms with van der Waals surface area (Å²) in [6.07, 6.45) is 2.08. The molecule has 0 aliphatic rings. The van der Waals surface area contributed by atoms with E-state index in [9.17, 15) is 18.0 Å². The van der Waals surface area contributed by atoms with Crippen LogP contribution in [0.25, 0.3) is 10.8 Å². The predicted molar refractivity (Wildman–Crippen MR) is 167 cm³/mol. The lowest BCUT2D eigenvalue weighted by Gasteiger charge is -2.33. The van der Waals surface area contributed by atoms with Gasteiger partial charge in [0.2, 0.25) is 21.8 Å². The lowest BCUT2D eigenvalue weighted by atomic mass is 10.0. The molecular formula is C33H37N3O5S.